The second kappa shape index (κ2) is 6.55. The largest absolute Gasteiger partial charge is 0.352 e. The fourth-order valence-electron chi connectivity index (χ4n) is 1.45. The molecule has 1 aromatic rings. The van der Waals surface area contributed by atoms with Gasteiger partial charge in [0, 0.05) is 11.6 Å². The normalized spacial score (nSPS) is 11.5. The molecule has 5 nitrogen and oxygen atoms in total. The van der Waals surface area contributed by atoms with Gasteiger partial charge in [0.2, 0.25) is 5.91 Å². The monoisotopic (exact) mass is 259 g/mol. The van der Waals surface area contributed by atoms with Crippen molar-refractivity contribution in [2.75, 3.05) is 0 Å². The molecule has 100 valence electrons. The number of nitrogens with zero attached hydrogens (tertiary/aromatic N) is 1. The van der Waals surface area contributed by atoms with Crippen molar-refractivity contribution < 1.29 is 9.59 Å². The highest BCUT2D eigenvalue weighted by molar-refractivity contribution is 5.97. The van der Waals surface area contributed by atoms with Gasteiger partial charge >= 0.3 is 0 Å². The Hall–Kier alpha value is -2.35. The number of benzene rings is 1. The average Bonchev–Trinajstić information content (AvgIpc) is 2.37. The highest BCUT2D eigenvalue weighted by atomic mass is 16.2. The topological polar surface area (TPSA) is 82.0 Å². The minimum atomic E-state index is -0.606. The van der Waals surface area contributed by atoms with Crippen LogP contribution in [0.3, 0.4) is 0 Å². The zero-order chi connectivity index (χ0) is 14.4. The van der Waals surface area contributed by atoms with Gasteiger partial charge in [-0.25, -0.2) is 0 Å². The van der Waals surface area contributed by atoms with Crippen LogP contribution in [-0.4, -0.2) is 23.9 Å². The summed E-state index contributed by atoms with van der Waals surface area (Å²) in [4.78, 5) is 23.5. The number of hydrogen-bond donors (Lipinski definition) is 2. The molecule has 0 fully saturated rings. The summed E-state index contributed by atoms with van der Waals surface area (Å²) in [5.74, 6) is -0.562. The molecule has 0 aliphatic carbocycles. The molecule has 1 atom stereocenters. The van der Waals surface area contributed by atoms with E-state index in [1.54, 1.807) is 31.2 Å². The molecule has 2 amide bonds. The van der Waals surface area contributed by atoms with Crippen LogP contribution in [-0.2, 0) is 4.79 Å². The van der Waals surface area contributed by atoms with E-state index in [1.165, 1.54) is 0 Å². The second-order valence-electron chi connectivity index (χ2n) is 4.55. The summed E-state index contributed by atoms with van der Waals surface area (Å²) in [5.41, 5.74) is 0.908. The number of rotatable bonds is 4. The third kappa shape index (κ3) is 4.43. The number of carbonyl (C=O) groups is 2. The molecule has 2 N–H and O–H groups in total. The maximum atomic E-state index is 11.9. The van der Waals surface area contributed by atoms with E-state index in [1.807, 2.05) is 19.9 Å². The smallest absolute Gasteiger partial charge is 0.251 e. The van der Waals surface area contributed by atoms with Crippen molar-refractivity contribution >= 4 is 11.8 Å². The number of nitriles is 1. The Balaban J connectivity index is 2.63. The molecule has 0 spiro atoms. The van der Waals surface area contributed by atoms with Gasteiger partial charge < -0.3 is 10.6 Å². The first-order valence-corrected chi connectivity index (χ1v) is 6.05. The zero-order valence-electron chi connectivity index (χ0n) is 11.2. The quantitative estimate of drug-likeness (QED) is 0.852. The highest BCUT2D eigenvalue weighted by Crippen LogP contribution is 2.03. The standard InChI is InChI=1S/C14H17N3O2/c1-9(2)16-13(18)10(3)17-14(19)12-6-4-11(8-15)5-7-12/h4-7,9-10H,1-3H3,(H,16,18)(H,17,19). The molecule has 0 radical (unpaired) electrons. The maximum Gasteiger partial charge on any atom is 0.251 e. The summed E-state index contributed by atoms with van der Waals surface area (Å²) >= 11 is 0. The lowest BCUT2D eigenvalue weighted by molar-refractivity contribution is -0.123. The molecule has 1 rings (SSSR count). The van der Waals surface area contributed by atoms with Crippen molar-refractivity contribution in [1.29, 1.82) is 5.26 Å². The van der Waals surface area contributed by atoms with Crippen molar-refractivity contribution in [2.24, 2.45) is 0 Å². The minimum Gasteiger partial charge on any atom is -0.352 e. The molecule has 0 heterocycles. The van der Waals surface area contributed by atoms with Crippen molar-refractivity contribution in [1.82, 2.24) is 10.6 Å². The van der Waals surface area contributed by atoms with Crippen molar-refractivity contribution in [3.05, 3.63) is 35.4 Å². The second-order valence-corrected chi connectivity index (χ2v) is 4.55. The Kier molecular flexibility index (Phi) is 5.07. The van der Waals surface area contributed by atoms with E-state index in [9.17, 15) is 9.59 Å². The van der Waals surface area contributed by atoms with Crippen LogP contribution in [0.25, 0.3) is 0 Å². The van der Waals surface area contributed by atoms with Gasteiger partial charge in [-0.05, 0) is 45.0 Å². The van der Waals surface area contributed by atoms with Crippen molar-refractivity contribution in [2.45, 2.75) is 32.9 Å². The van der Waals surface area contributed by atoms with Gasteiger partial charge in [-0.3, -0.25) is 9.59 Å². The fourth-order valence-corrected chi connectivity index (χ4v) is 1.45. The molecule has 1 aromatic carbocycles. The fraction of sp³-hybridized carbons (Fsp3) is 0.357. The lowest BCUT2D eigenvalue weighted by atomic mass is 10.1. The van der Waals surface area contributed by atoms with Crippen LogP contribution < -0.4 is 10.6 Å². The van der Waals surface area contributed by atoms with Crippen LogP contribution >= 0.6 is 0 Å². The van der Waals surface area contributed by atoms with E-state index in [0.29, 0.717) is 11.1 Å². The maximum absolute atomic E-state index is 11.9. The first-order chi connectivity index (χ1) is 8.93. The molecular formula is C14H17N3O2. The molecule has 0 saturated carbocycles. The minimum absolute atomic E-state index is 0.0294. The summed E-state index contributed by atoms with van der Waals surface area (Å²) in [5, 5.41) is 14.0. The van der Waals surface area contributed by atoms with E-state index >= 15 is 0 Å². The SMILES string of the molecule is CC(C)NC(=O)C(C)NC(=O)c1ccc(C#N)cc1. The molecule has 5 heteroatoms. The van der Waals surface area contributed by atoms with E-state index in [4.69, 9.17) is 5.26 Å². The summed E-state index contributed by atoms with van der Waals surface area (Å²) in [7, 11) is 0. The molecule has 0 aromatic heterocycles. The van der Waals surface area contributed by atoms with Crippen LogP contribution in [0.1, 0.15) is 36.7 Å². The summed E-state index contributed by atoms with van der Waals surface area (Å²) in [6.45, 7) is 5.33. The molecule has 1 unspecified atom stereocenters. The Labute approximate surface area is 112 Å². The van der Waals surface area contributed by atoms with Gasteiger partial charge in [0.15, 0.2) is 0 Å². The molecule has 0 saturated heterocycles. The molecule has 19 heavy (non-hydrogen) atoms. The van der Waals surface area contributed by atoms with E-state index < -0.39 is 6.04 Å². The number of hydrogen-bond acceptors (Lipinski definition) is 3. The van der Waals surface area contributed by atoms with Crippen LogP contribution in [0.15, 0.2) is 24.3 Å². The van der Waals surface area contributed by atoms with Gasteiger partial charge in [-0.15, -0.1) is 0 Å². The van der Waals surface area contributed by atoms with Gasteiger partial charge in [0.25, 0.3) is 5.91 Å². The average molecular weight is 259 g/mol. The molecule has 0 bridgehead atoms. The number of nitrogens with one attached hydrogen (secondary N) is 2. The molecule has 0 aliphatic heterocycles. The van der Waals surface area contributed by atoms with Crippen molar-refractivity contribution in [3.63, 3.8) is 0 Å². The van der Waals surface area contributed by atoms with E-state index in [-0.39, 0.29) is 17.9 Å². The lowest BCUT2D eigenvalue weighted by Gasteiger charge is -2.16. The zero-order valence-corrected chi connectivity index (χ0v) is 11.2. The molecule has 0 aliphatic rings. The van der Waals surface area contributed by atoms with Gasteiger partial charge in [0.1, 0.15) is 6.04 Å². The van der Waals surface area contributed by atoms with E-state index in [0.717, 1.165) is 0 Å². The van der Waals surface area contributed by atoms with Gasteiger partial charge in [-0.2, -0.15) is 5.26 Å². The number of amides is 2. The summed E-state index contributed by atoms with van der Waals surface area (Å²) < 4.78 is 0. The van der Waals surface area contributed by atoms with E-state index in [2.05, 4.69) is 10.6 Å². The Morgan fingerprint density at radius 2 is 1.68 bits per heavy atom. The molecular weight excluding hydrogens is 242 g/mol. The van der Waals surface area contributed by atoms with Gasteiger partial charge in [-0.1, -0.05) is 0 Å². The third-order valence-electron chi connectivity index (χ3n) is 2.45. The highest BCUT2D eigenvalue weighted by Gasteiger charge is 2.16. The van der Waals surface area contributed by atoms with Gasteiger partial charge in [0.05, 0.1) is 11.6 Å². The van der Waals surface area contributed by atoms with Crippen molar-refractivity contribution in [3.8, 4) is 6.07 Å². The third-order valence-corrected chi connectivity index (χ3v) is 2.45. The lowest BCUT2D eigenvalue weighted by Crippen LogP contribution is -2.46. The predicted molar refractivity (Wildman–Crippen MR) is 71.4 cm³/mol. The summed E-state index contributed by atoms with van der Waals surface area (Å²) in [6.07, 6.45) is 0. The first-order valence-electron chi connectivity index (χ1n) is 6.05. The Bertz CT molecular complexity index is 500. The first kappa shape index (κ1) is 14.7. The summed E-state index contributed by atoms with van der Waals surface area (Å²) in [6, 6.07) is 7.64. The Morgan fingerprint density at radius 3 is 2.16 bits per heavy atom. The van der Waals surface area contributed by atoms with Crippen LogP contribution in [0, 0.1) is 11.3 Å². The Morgan fingerprint density at radius 1 is 1.11 bits per heavy atom. The van der Waals surface area contributed by atoms with Crippen LogP contribution in [0.5, 0.6) is 0 Å². The van der Waals surface area contributed by atoms with Crippen LogP contribution in [0.2, 0.25) is 0 Å². The van der Waals surface area contributed by atoms with Crippen LogP contribution in [0.4, 0.5) is 0 Å². The number of carbonyl (C=O) groups excluding carboxylic acids is 2. The predicted octanol–water partition coefficient (Wildman–Crippen LogP) is 1.20.